The highest BCUT2D eigenvalue weighted by atomic mass is 35.5. The third kappa shape index (κ3) is 1.70. The SMILES string of the molecule is Nc1c(F)cc(Cl)cc1[C@H]1CCCN1. The molecule has 0 amide bonds. The first-order valence-electron chi connectivity index (χ1n) is 4.66. The van der Waals surface area contributed by atoms with Crippen LogP contribution in [0.15, 0.2) is 12.1 Å². The van der Waals surface area contributed by atoms with Crippen LogP contribution in [0.25, 0.3) is 0 Å². The van der Waals surface area contributed by atoms with Crippen LogP contribution in [-0.4, -0.2) is 6.54 Å². The number of nitrogen functional groups attached to an aromatic ring is 1. The Balaban J connectivity index is 2.40. The van der Waals surface area contributed by atoms with Crippen LogP contribution < -0.4 is 11.1 Å². The van der Waals surface area contributed by atoms with Crippen molar-refractivity contribution < 1.29 is 4.39 Å². The number of nitrogens with one attached hydrogen (secondary N) is 1. The summed E-state index contributed by atoms with van der Waals surface area (Å²) in [5, 5.41) is 3.67. The Kier molecular flexibility index (Phi) is 2.61. The van der Waals surface area contributed by atoms with Crippen molar-refractivity contribution in [3.8, 4) is 0 Å². The van der Waals surface area contributed by atoms with E-state index in [4.69, 9.17) is 17.3 Å². The van der Waals surface area contributed by atoms with Crippen molar-refractivity contribution >= 4 is 17.3 Å². The third-order valence-corrected chi connectivity index (χ3v) is 2.78. The molecular formula is C10H12ClFN2. The summed E-state index contributed by atoms with van der Waals surface area (Å²) in [7, 11) is 0. The van der Waals surface area contributed by atoms with E-state index in [1.165, 1.54) is 6.07 Å². The molecule has 2 rings (SSSR count). The molecule has 0 aromatic heterocycles. The Morgan fingerprint density at radius 2 is 2.29 bits per heavy atom. The zero-order chi connectivity index (χ0) is 10.1. The predicted octanol–water partition coefficient (Wildman–Crippen LogP) is 2.49. The molecule has 0 bridgehead atoms. The van der Waals surface area contributed by atoms with Crippen molar-refractivity contribution in [2.75, 3.05) is 12.3 Å². The number of benzene rings is 1. The van der Waals surface area contributed by atoms with E-state index in [0.29, 0.717) is 5.02 Å². The summed E-state index contributed by atoms with van der Waals surface area (Å²) in [5.74, 6) is -0.429. The van der Waals surface area contributed by atoms with Gasteiger partial charge in [-0.05, 0) is 37.1 Å². The van der Waals surface area contributed by atoms with Gasteiger partial charge in [0.1, 0.15) is 5.82 Å². The van der Waals surface area contributed by atoms with Gasteiger partial charge in [-0.1, -0.05) is 11.6 Å². The summed E-state index contributed by atoms with van der Waals surface area (Å²) in [4.78, 5) is 0. The number of anilines is 1. The molecule has 0 spiro atoms. The van der Waals surface area contributed by atoms with Gasteiger partial charge in [0.05, 0.1) is 5.69 Å². The summed E-state index contributed by atoms with van der Waals surface area (Å²) < 4.78 is 13.3. The first-order chi connectivity index (χ1) is 6.68. The molecule has 0 aliphatic carbocycles. The molecule has 1 atom stereocenters. The lowest BCUT2D eigenvalue weighted by atomic mass is 10.0. The van der Waals surface area contributed by atoms with Gasteiger partial charge in [0.15, 0.2) is 0 Å². The maximum absolute atomic E-state index is 13.3. The maximum atomic E-state index is 13.3. The van der Waals surface area contributed by atoms with Gasteiger partial charge in [0.25, 0.3) is 0 Å². The molecule has 14 heavy (non-hydrogen) atoms. The van der Waals surface area contributed by atoms with Crippen LogP contribution in [0.4, 0.5) is 10.1 Å². The Morgan fingerprint density at radius 1 is 1.50 bits per heavy atom. The maximum Gasteiger partial charge on any atom is 0.147 e. The number of rotatable bonds is 1. The fourth-order valence-electron chi connectivity index (χ4n) is 1.84. The molecule has 4 heteroatoms. The fourth-order valence-corrected chi connectivity index (χ4v) is 2.06. The molecule has 1 aromatic carbocycles. The first-order valence-corrected chi connectivity index (χ1v) is 5.04. The third-order valence-electron chi connectivity index (χ3n) is 2.56. The summed E-state index contributed by atoms with van der Waals surface area (Å²) in [6.45, 7) is 0.957. The van der Waals surface area contributed by atoms with Crippen LogP contribution in [0.3, 0.4) is 0 Å². The molecule has 1 fully saturated rings. The average Bonchev–Trinajstić information content (AvgIpc) is 2.63. The monoisotopic (exact) mass is 214 g/mol. The standard InChI is InChI=1S/C10H12ClFN2/c11-6-4-7(9-2-1-3-14-9)10(13)8(12)5-6/h4-5,9,14H,1-3,13H2/t9-/m1/s1. The van der Waals surface area contributed by atoms with Gasteiger partial charge in [-0.2, -0.15) is 0 Å². The quantitative estimate of drug-likeness (QED) is 0.705. The Labute approximate surface area is 87.2 Å². The highest BCUT2D eigenvalue weighted by molar-refractivity contribution is 6.30. The second-order valence-electron chi connectivity index (χ2n) is 3.54. The van der Waals surface area contributed by atoms with Crippen LogP contribution in [0.2, 0.25) is 5.02 Å². The summed E-state index contributed by atoms with van der Waals surface area (Å²) in [6, 6.07) is 3.14. The normalized spacial score (nSPS) is 21.4. The molecule has 1 aliphatic rings. The zero-order valence-electron chi connectivity index (χ0n) is 7.69. The summed E-state index contributed by atoms with van der Waals surface area (Å²) >= 11 is 5.78. The fraction of sp³-hybridized carbons (Fsp3) is 0.400. The van der Waals surface area contributed by atoms with Gasteiger partial charge in [-0.15, -0.1) is 0 Å². The van der Waals surface area contributed by atoms with Crippen LogP contribution in [0.1, 0.15) is 24.4 Å². The Hall–Kier alpha value is -0.800. The zero-order valence-corrected chi connectivity index (χ0v) is 8.44. The lowest BCUT2D eigenvalue weighted by molar-refractivity contribution is 0.613. The number of halogens is 2. The van der Waals surface area contributed by atoms with Gasteiger partial charge in [-0.25, -0.2) is 4.39 Å². The van der Waals surface area contributed by atoms with Crippen molar-refractivity contribution in [3.05, 3.63) is 28.5 Å². The lowest BCUT2D eigenvalue weighted by Gasteiger charge is -2.14. The van der Waals surface area contributed by atoms with E-state index in [2.05, 4.69) is 5.32 Å². The van der Waals surface area contributed by atoms with E-state index in [1.807, 2.05) is 0 Å². The molecule has 76 valence electrons. The van der Waals surface area contributed by atoms with E-state index in [-0.39, 0.29) is 11.7 Å². The smallest absolute Gasteiger partial charge is 0.147 e. The molecule has 1 saturated heterocycles. The van der Waals surface area contributed by atoms with E-state index in [1.54, 1.807) is 6.07 Å². The Morgan fingerprint density at radius 3 is 2.93 bits per heavy atom. The van der Waals surface area contributed by atoms with Gasteiger partial charge >= 0.3 is 0 Å². The van der Waals surface area contributed by atoms with Crippen molar-refractivity contribution in [2.24, 2.45) is 0 Å². The predicted molar refractivity (Wildman–Crippen MR) is 55.8 cm³/mol. The summed E-state index contributed by atoms with van der Waals surface area (Å²) in [6.07, 6.45) is 2.09. The van der Waals surface area contributed by atoms with Crippen molar-refractivity contribution in [1.82, 2.24) is 5.32 Å². The molecule has 1 aromatic rings. The van der Waals surface area contributed by atoms with Crippen LogP contribution in [-0.2, 0) is 0 Å². The van der Waals surface area contributed by atoms with E-state index < -0.39 is 5.82 Å². The number of hydrogen-bond donors (Lipinski definition) is 2. The molecule has 2 nitrogen and oxygen atoms in total. The molecule has 1 heterocycles. The average molecular weight is 215 g/mol. The van der Waals surface area contributed by atoms with Gasteiger partial charge in [0, 0.05) is 11.1 Å². The Bertz CT molecular complexity index is 348. The second kappa shape index (κ2) is 3.75. The minimum absolute atomic E-state index is 0.156. The van der Waals surface area contributed by atoms with Crippen molar-refractivity contribution in [2.45, 2.75) is 18.9 Å². The highest BCUT2D eigenvalue weighted by Crippen LogP contribution is 2.31. The molecular weight excluding hydrogens is 203 g/mol. The van der Waals surface area contributed by atoms with Crippen LogP contribution in [0.5, 0.6) is 0 Å². The van der Waals surface area contributed by atoms with E-state index >= 15 is 0 Å². The number of hydrogen-bond acceptors (Lipinski definition) is 2. The topological polar surface area (TPSA) is 38.0 Å². The highest BCUT2D eigenvalue weighted by Gasteiger charge is 2.20. The largest absolute Gasteiger partial charge is 0.396 e. The number of nitrogens with two attached hydrogens (primary N) is 1. The minimum atomic E-state index is -0.429. The van der Waals surface area contributed by atoms with E-state index in [9.17, 15) is 4.39 Å². The molecule has 1 aliphatic heterocycles. The molecule has 0 saturated carbocycles. The molecule has 0 radical (unpaired) electrons. The van der Waals surface area contributed by atoms with E-state index in [0.717, 1.165) is 24.9 Å². The summed E-state index contributed by atoms with van der Waals surface area (Å²) in [5.41, 5.74) is 6.66. The van der Waals surface area contributed by atoms with Gasteiger partial charge in [0.2, 0.25) is 0 Å². The van der Waals surface area contributed by atoms with Crippen LogP contribution >= 0.6 is 11.6 Å². The second-order valence-corrected chi connectivity index (χ2v) is 3.98. The lowest BCUT2D eigenvalue weighted by Crippen LogP contribution is -2.15. The van der Waals surface area contributed by atoms with Gasteiger partial charge < -0.3 is 11.1 Å². The van der Waals surface area contributed by atoms with Crippen LogP contribution in [0, 0.1) is 5.82 Å². The van der Waals surface area contributed by atoms with Crippen molar-refractivity contribution in [3.63, 3.8) is 0 Å². The molecule has 3 N–H and O–H groups in total. The molecule has 0 unspecified atom stereocenters. The minimum Gasteiger partial charge on any atom is -0.396 e. The first kappa shape index (κ1) is 9.74. The van der Waals surface area contributed by atoms with Gasteiger partial charge in [-0.3, -0.25) is 0 Å². The van der Waals surface area contributed by atoms with Crippen molar-refractivity contribution in [1.29, 1.82) is 0 Å².